The maximum Gasteiger partial charge on any atom is 0.471 e. The predicted molar refractivity (Wildman–Crippen MR) is 108 cm³/mol. The van der Waals surface area contributed by atoms with Gasteiger partial charge in [-0.1, -0.05) is 0 Å². The summed E-state index contributed by atoms with van der Waals surface area (Å²) in [4.78, 5) is 35.8. The van der Waals surface area contributed by atoms with Crippen LogP contribution in [0.1, 0.15) is 20.8 Å². The SMILES string of the molecule is CC(C)(C)OC(=O)N1CSCC1CNC(=O)C(F)(F)F.NC[C@@H]1CSCN1C(=O)O. The van der Waals surface area contributed by atoms with Crippen LogP contribution in [-0.2, 0) is 9.53 Å². The summed E-state index contributed by atoms with van der Waals surface area (Å²) in [6.07, 6.45) is -6.36. The highest BCUT2D eigenvalue weighted by Gasteiger charge is 2.40. The smallest absolute Gasteiger partial charge is 0.465 e. The number of nitrogens with one attached hydrogen (secondary N) is 1. The fourth-order valence-corrected chi connectivity index (χ4v) is 4.77. The van der Waals surface area contributed by atoms with Crippen LogP contribution >= 0.6 is 23.5 Å². The lowest BCUT2D eigenvalue weighted by Crippen LogP contribution is -2.48. The number of ether oxygens (including phenoxy) is 1. The number of hydrogen-bond donors (Lipinski definition) is 3. The first-order chi connectivity index (χ1) is 13.8. The number of amides is 3. The van der Waals surface area contributed by atoms with Crippen LogP contribution in [0, 0.1) is 0 Å². The van der Waals surface area contributed by atoms with Crippen molar-refractivity contribution < 1.29 is 37.4 Å². The number of alkyl halides is 3. The molecule has 0 spiro atoms. The lowest BCUT2D eigenvalue weighted by atomic mass is 10.2. The van der Waals surface area contributed by atoms with Gasteiger partial charge in [0.15, 0.2) is 0 Å². The average molecular weight is 477 g/mol. The van der Waals surface area contributed by atoms with Crippen LogP contribution in [0.2, 0.25) is 0 Å². The molecule has 4 N–H and O–H groups in total. The average Bonchev–Trinajstić information content (AvgIpc) is 3.26. The minimum absolute atomic E-state index is 0.0301. The summed E-state index contributed by atoms with van der Waals surface area (Å²) in [6.45, 7) is 5.29. The van der Waals surface area contributed by atoms with E-state index in [4.69, 9.17) is 15.6 Å². The maximum atomic E-state index is 12.1. The van der Waals surface area contributed by atoms with Gasteiger partial charge in [0.2, 0.25) is 0 Å². The molecule has 2 atom stereocenters. The topological polar surface area (TPSA) is 125 Å². The Morgan fingerprint density at radius 2 is 1.63 bits per heavy atom. The minimum atomic E-state index is -4.91. The lowest BCUT2D eigenvalue weighted by molar-refractivity contribution is -0.173. The third-order valence-corrected chi connectivity index (χ3v) is 6.03. The van der Waals surface area contributed by atoms with E-state index < -0.39 is 35.9 Å². The second kappa shape index (κ2) is 11.2. The number of carbonyl (C=O) groups excluding carboxylic acids is 2. The Hall–Kier alpha value is -1.54. The van der Waals surface area contributed by atoms with Crippen molar-refractivity contribution in [3.05, 3.63) is 0 Å². The van der Waals surface area contributed by atoms with Gasteiger partial charge >= 0.3 is 24.3 Å². The van der Waals surface area contributed by atoms with Gasteiger partial charge in [0.1, 0.15) is 5.60 Å². The fourth-order valence-electron chi connectivity index (χ4n) is 2.37. The first kappa shape index (κ1) is 26.5. The molecule has 3 amide bonds. The lowest BCUT2D eigenvalue weighted by Gasteiger charge is -2.28. The van der Waals surface area contributed by atoms with Gasteiger partial charge < -0.3 is 20.9 Å². The van der Waals surface area contributed by atoms with E-state index in [1.165, 1.54) is 21.6 Å². The maximum absolute atomic E-state index is 12.1. The van der Waals surface area contributed by atoms with E-state index in [0.717, 1.165) is 5.75 Å². The van der Waals surface area contributed by atoms with Gasteiger partial charge in [-0.15, -0.1) is 23.5 Å². The molecule has 0 aromatic rings. The molecule has 2 rings (SSSR count). The molecule has 0 aromatic carbocycles. The molecule has 2 fully saturated rings. The molecule has 0 radical (unpaired) electrons. The molecule has 174 valence electrons. The van der Waals surface area contributed by atoms with Crippen molar-refractivity contribution >= 4 is 41.6 Å². The Labute approximate surface area is 181 Å². The Morgan fingerprint density at radius 3 is 2.07 bits per heavy atom. The van der Waals surface area contributed by atoms with E-state index in [2.05, 4.69) is 0 Å². The number of thioether (sulfide) groups is 2. The van der Waals surface area contributed by atoms with E-state index in [1.807, 2.05) is 0 Å². The van der Waals surface area contributed by atoms with Crippen LogP contribution in [0.5, 0.6) is 0 Å². The molecule has 30 heavy (non-hydrogen) atoms. The van der Waals surface area contributed by atoms with Gasteiger partial charge in [-0.25, -0.2) is 9.59 Å². The third kappa shape index (κ3) is 8.68. The van der Waals surface area contributed by atoms with Gasteiger partial charge in [0, 0.05) is 24.6 Å². The number of carbonyl (C=O) groups is 3. The molecule has 2 heterocycles. The van der Waals surface area contributed by atoms with Crippen molar-refractivity contribution in [1.82, 2.24) is 15.1 Å². The predicted octanol–water partition coefficient (Wildman–Crippen LogP) is 1.97. The zero-order valence-corrected chi connectivity index (χ0v) is 18.5. The molecular weight excluding hydrogens is 449 g/mol. The van der Waals surface area contributed by atoms with Crippen LogP contribution in [0.15, 0.2) is 0 Å². The van der Waals surface area contributed by atoms with Crippen molar-refractivity contribution in [2.75, 3.05) is 36.3 Å². The summed E-state index contributed by atoms with van der Waals surface area (Å²) < 4.78 is 41.4. The van der Waals surface area contributed by atoms with Crippen LogP contribution in [0.4, 0.5) is 22.8 Å². The van der Waals surface area contributed by atoms with Crippen molar-refractivity contribution in [2.24, 2.45) is 5.73 Å². The number of carboxylic acid groups (broad SMARTS) is 1. The molecule has 2 aliphatic heterocycles. The van der Waals surface area contributed by atoms with Gasteiger partial charge in [-0.2, -0.15) is 13.2 Å². The number of halogens is 3. The van der Waals surface area contributed by atoms with Gasteiger partial charge in [0.05, 0.1) is 23.8 Å². The molecule has 1 unspecified atom stereocenters. The summed E-state index contributed by atoms with van der Waals surface area (Å²) in [5, 5.41) is 10.4. The Morgan fingerprint density at radius 1 is 1.10 bits per heavy atom. The Kier molecular flexibility index (Phi) is 9.88. The van der Waals surface area contributed by atoms with Gasteiger partial charge in [0.25, 0.3) is 0 Å². The summed E-state index contributed by atoms with van der Waals surface area (Å²) in [5.41, 5.74) is 4.67. The van der Waals surface area contributed by atoms with Crippen LogP contribution < -0.4 is 11.1 Å². The molecule has 0 aliphatic carbocycles. The quantitative estimate of drug-likeness (QED) is 0.565. The van der Waals surface area contributed by atoms with Crippen LogP contribution in [-0.4, -0.2) is 93.2 Å². The first-order valence-corrected chi connectivity index (χ1v) is 11.3. The molecule has 2 saturated heterocycles. The molecule has 14 heteroatoms. The molecule has 0 bridgehead atoms. The fraction of sp³-hybridized carbons (Fsp3) is 0.812. The van der Waals surface area contributed by atoms with Crippen molar-refractivity contribution in [1.29, 1.82) is 0 Å². The zero-order chi connectivity index (χ0) is 23.1. The first-order valence-electron chi connectivity index (χ1n) is 8.96. The second-order valence-electron chi connectivity index (χ2n) is 7.45. The van der Waals surface area contributed by atoms with Gasteiger partial charge in [-0.3, -0.25) is 14.6 Å². The van der Waals surface area contributed by atoms with E-state index in [0.29, 0.717) is 24.1 Å². The molecule has 0 saturated carbocycles. The molecular formula is C16H27F3N4O5S2. The van der Waals surface area contributed by atoms with Gasteiger partial charge in [-0.05, 0) is 20.8 Å². The van der Waals surface area contributed by atoms with E-state index in [1.54, 1.807) is 37.8 Å². The minimum Gasteiger partial charge on any atom is -0.465 e. The highest BCUT2D eigenvalue weighted by molar-refractivity contribution is 7.99. The second-order valence-corrected chi connectivity index (χ2v) is 9.45. The summed E-state index contributed by atoms with van der Waals surface area (Å²) in [5.74, 6) is 0.192. The number of nitrogens with two attached hydrogens (primary N) is 1. The van der Waals surface area contributed by atoms with E-state index in [9.17, 15) is 27.6 Å². The van der Waals surface area contributed by atoms with E-state index in [-0.39, 0.29) is 12.6 Å². The molecule has 9 nitrogen and oxygen atoms in total. The van der Waals surface area contributed by atoms with Crippen molar-refractivity contribution in [2.45, 2.75) is 44.6 Å². The highest BCUT2D eigenvalue weighted by atomic mass is 32.2. The van der Waals surface area contributed by atoms with E-state index >= 15 is 0 Å². The summed E-state index contributed by atoms with van der Waals surface area (Å²) >= 11 is 3.00. The van der Waals surface area contributed by atoms with Crippen LogP contribution in [0.3, 0.4) is 0 Å². The normalized spacial score (nSPS) is 21.7. The highest BCUT2D eigenvalue weighted by Crippen LogP contribution is 2.23. The Balaban J connectivity index is 0.000000375. The number of rotatable bonds is 3. The third-order valence-electron chi connectivity index (χ3n) is 3.86. The Bertz CT molecular complexity index is 619. The number of nitrogens with zero attached hydrogens (tertiary/aromatic N) is 2. The summed E-state index contributed by atoms with van der Waals surface area (Å²) in [6, 6.07) is -0.469. The summed E-state index contributed by atoms with van der Waals surface area (Å²) in [7, 11) is 0. The molecule has 2 aliphatic rings. The number of hydrogen-bond acceptors (Lipinski definition) is 7. The molecule has 0 aromatic heterocycles. The van der Waals surface area contributed by atoms with Crippen molar-refractivity contribution in [3.8, 4) is 0 Å². The monoisotopic (exact) mass is 476 g/mol. The zero-order valence-electron chi connectivity index (χ0n) is 16.9. The van der Waals surface area contributed by atoms with Crippen molar-refractivity contribution in [3.63, 3.8) is 0 Å². The standard InChI is InChI=1S/C11H17F3N2O3S.C5H10N2O2S/c1-10(2,3)19-9(18)16-6-20-5-7(16)4-15-8(17)11(12,13)14;6-1-4-2-10-3-7(4)5(8)9/h7H,4-6H2,1-3H3,(H,15,17);4H,1-3,6H2,(H,8,9)/t;4-/m.1/s1. The van der Waals surface area contributed by atoms with Crippen LogP contribution in [0.25, 0.3) is 0 Å². The largest absolute Gasteiger partial charge is 0.471 e.